The van der Waals surface area contributed by atoms with Crippen LogP contribution < -0.4 is 0 Å². The Hall–Kier alpha value is -9.14. The summed E-state index contributed by atoms with van der Waals surface area (Å²) in [6, 6.07) is 65.1. The first-order valence-electron chi connectivity index (χ1n) is 28.8. The monoisotopic (exact) mass is 1110 g/mol. The van der Waals surface area contributed by atoms with Gasteiger partial charge >= 0.3 is 0 Å². The van der Waals surface area contributed by atoms with Gasteiger partial charge in [0.15, 0.2) is 0 Å². The zero-order chi connectivity index (χ0) is 60.1. The number of hydrogen-bond acceptors (Lipinski definition) is 8. The van der Waals surface area contributed by atoms with Gasteiger partial charge < -0.3 is 20.4 Å². The highest BCUT2D eigenvalue weighted by Gasteiger charge is 2.25. The van der Waals surface area contributed by atoms with Crippen molar-refractivity contribution in [1.82, 2.24) is 0 Å². The minimum absolute atomic E-state index is 0.171. The molecule has 0 unspecified atom stereocenters. The molecule has 426 valence electrons. The quantitative estimate of drug-likeness (QED) is 0.0638. The van der Waals surface area contributed by atoms with Crippen molar-refractivity contribution in [2.45, 2.75) is 117 Å². The molecule has 0 saturated carbocycles. The van der Waals surface area contributed by atoms with E-state index in [1.807, 2.05) is 121 Å². The molecule has 0 bridgehead atoms. The molecule has 0 spiro atoms. The van der Waals surface area contributed by atoms with Crippen molar-refractivity contribution in [2.75, 3.05) is 0 Å². The Bertz CT molecular complexity index is 3390. The molecule has 84 heavy (non-hydrogen) atoms. The predicted molar refractivity (Wildman–Crippen MR) is 350 cm³/mol. The third kappa shape index (κ3) is 13.8. The van der Waals surface area contributed by atoms with Gasteiger partial charge in [0.1, 0.15) is 23.0 Å². The Kier molecular flexibility index (Phi) is 17.3. The van der Waals surface area contributed by atoms with E-state index in [0.29, 0.717) is 22.3 Å². The Morgan fingerprint density at radius 3 is 0.583 bits per heavy atom. The molecule has 9 aromatic rings. The van der Waals surface area contributed by atoms with Crippen molar-refractivity contribution in [3.8, 4) is 23.0 Å². The number of para-hydroxylation sites is 4. The maximum atomic E-state index is 11.2. The average Bonchev–Trinajstić information content (AvgIpc) is 2.21. The lowest BCUT2D eigenvalue weighted by Gasteiger charge is -2.22. The third-order valence-corrected chi connectivity index (χ3v) is 15.4. The van der Waals surface area contributed by atoms with Crippen LogP contribution in [0, 0.1) is 0 Å². The Labute approximate surface area is 497 Å². The highest BCUT2D eigenvalue weighted by Crippen LogP contribution is 2.41. The maximum Gasteiger partial charge on any atom is 0.128 e. The van der Waals surface area contributed by atoms with Crippen LogP contribution in [0.1, 0.15) is 173 Å². The molecular weight excluding hydrogens is 1030 g/mol. The minimum Gasteiger partial charge on any atom is -0.507 e. The van der Waals surface area contributed by atoms with E-state index in [9.17, 15) is 20.4 Å². The second kappa shape index (κ2) is 24.4. The van der Waals surface area contributed by atoms with Crippen molar-refractivity contribution in [1.29, 1.82) is 0 Å². The van der Waals surface area contributed by atoms with E-state index in [-0.39, 0.29) is 56.5 Å². The minimum atomic E-state index is -0.225. The number of phenols is 4. The van der Waals surface area contributed by atoms with E-state index in [1.165, 1.54) is 0 Å². The van der Waals surface area contributed by atoms with E-state index in [2.05, 4.69) is 156 Å². The van der Waals surface area contributed by atoms with Gasteiger partial charge in [0, 0.05) is 58.9 Å². The summed E-state index contributed by atoms with van der Waals surface area (Å²) >= 11 is 0. The van der Waals surface area contributed by atoms with E-state index in [0.717, 1.165) is 78.4 Å². The molecule has 9 rings (SSSR count). The smallest absolute Gasteiger partial charge is 0.128 e. The Balaban J connectivity index is 1.07. The summed E-state index contributed by atoms with van der Waals surface area (Å²) in [4.78, 5) is 19.2. The van der Waals surface area contributed by atoms with Gasteiger partial charge in [-0.05, 0) is 150 Å². The molecule has 0 aromatic heterocycles. The summed E-state index contributed by atoms with van der Waals surface area (Å²) in [7, 11) is 0. The Morgan fingerprint density at radius 2 is 0.417 bits per heavy atom. The summed E-state index contributed by atoms with van der Waals surface area (Å²) in [5.41, 5.74) is 14.7. The predicted octanol–water partition coefficient (Wildman–Crippen LogP) is 19.1. The van der Waals surface area contributed by atoms with E-state index < -0.39 is 0 Å². The fourth-order valence-corrected chi connectivity index (χ4v) is 10.7. The van der Waals surface area contributed by atoms with Crippen molar-refractivity contribution in [2.24, 2.45) is 20.0 Å². The van der Waals surface area contributed by atoms with Gasteiger partial charge in [-0.2, -0.15) is 0 Å². The van der Waals surface area contributed by atoms with Crippen LogP contribution in [-0.2, 0) is 21.7 Å². The topological polar surface area (TPSA) is 130 Å². The summed E-state index contributed by atoms with van der Waals surface area (Å²) in [6.07, 6.45) is 6.90. The second-order valence-corrected chi connectivity index (χ2v) is 25.9. The largest absolute Gasteiger partial charge is 0.507 e. The van der Waals surface area contributed by atoms with Crippen molar-refractivity contribution in [3.05, 3.63) is 272 Å². The number of phenolic OH excluding ortho intramolecular Hbond substituents is 4. The molecule has 0 saturated heterocycles. The zero-order valence-corrected chi connectivity index (χ0v) is 50.5. The first-order chi connectivity index (χ1) is 39.8. The number of rotatable bonds is 14. The number of benzene rings is 9. The lowest BCUT2D eigenvalue weighted by Crippen LogP contribution is -2.11. The maximum absolute atomic E-state index is 11.2. The summed E-state index contributed by atoms with van der Waals surface area (Å²) < 4.78 is 0. The van der Waals surface area contributed by atoms with Gasteiger partial charge in [0.25, 0.3) is 0 Å². The summed E-state index contributed by atoms with van der Waals surface area (Å²) in [5, 5.41) is 44.7. The molecule has 0 radical (unpaired) electrons. The van der Waals surface area contributed by atoms with Gasteiger partial charge in [0.2, 0.25) is 0 Å². The van der Waals surface area contributed by atoms with Crippen LogP contribution in [0.4, 0.5) is 22.7 Å². The van der Waals surface area contributed by atoms with Crippen LogP contribution in [0.15, 0.2) is 214 Å². The molecule has 0 fully saturated rings. The second-order valence-electron chi connectivity index (χ2n) is 25.9. The summed E-state index contributed by atoms with van der Waals surface area (Å²) in [6.45, 7) is 25.0. The highest BCUT2D eigenvalue weighted by atomic mass is 16.3. The lowest BCUT2D eigenvalue weighted by atomic mass is 9.81. The SMILES string of the molecule is CC(C)(C)c1cccc(/C=N/c2ccc(C(c3ccc(/N=C/c4cccc(C(C)(C)C)c4O)cc3)c3ccc(C(c4ccc(/N=C/c5cccc(C(C)(C)C)c5O)cc4)c4ccc(/N=C/c5cccc(C(C)(C)C)c5O)cc4)cc3)cc2)c1O. The fourth-order valence-electron chi connectivity index (χ4n) is 10.7. The number of aliphatic imine (C=N–C) groups is 4. The van der Waals surface area contributed by atoms with Crippen LogP contribution >= 0.6 is 0 Å². The molecule has 9 aromatic carbocycles. The molecule has 8 heteroatoms. The Morgan fingerprint density at radius 1 is 0.250 bits per heavy atom. The van der Waals surface area contributed by atoms with E-state index in [4.69, 9.17) is 20.0 Å². The molecule has 8 nitrogen and oxygen atoms in total. The third-order valence-electron chi connectivity index (χ3n) is 15.4. The zero-order valence-electron chi connectivity index (χ0n) is 50.5. The van der Waals surface area contributed by atoms with Crippen molar-refractivity contribution < 1.29 is 20.4 Å². The van der Waals surface area contributed by atoms with Crippen LogP contribution in [0.2, 0.25) is 0 Å². The first-order valence-corrected chi connectivity index (χ1v) is 28.8. The number of nitrogens with zero attached hydrogens (tertiary/aromatic N) is 4. The fraction of sp³-hybridized carbons (Fsp3) is 0.237. The van der Waals surface area contributed by atoms with Gasteiger partial charge in [-0.15, -0.1) is 0 Å². The average molecular weight is 1110 g/mol. The molecule has 4 N–H and O–H groups in total. The lowest BCUT2D eigenvalue weighted by molar-refractivity contribution is 0.445. The van der Waals surface area contributed by atoms with Crippen LogP contribution in [0.3, 0.4) is 0 Å². The van der Waals surface area contributed by atoms with Crippen molar-refractivity contribution >= 4 is 47.6 Å². The molecule has 0 aliphatic heterocycles. The number of hydrogen-bond donors (Lipinski definition) is 4. The molecule has 0 amide bonds. The molecule has 0 atom stereocenters. The number of aromatic hydroxyl groups is 4. The van der Waals surface area contributed by atoms with Crippen molar-refractivity contribution in [3.63, 3.8) is 0 Å². The van der Waals surface area contributed by atoms with Gasteiger partial charge in [0.05, 0.1) is 22.7 Å². The van der Waals surface area contributed by atoms with Crippen LogP contribution in [-0.4, -0.2) is 45.3 Å². The molecular formula is C76H78N4O4. The van der Waals surface area contributed by atoms with Gasteiger partial charge in [-0.25, -0.2) is 0 Å². The molecule has 0 aliphatic carbocycles. The highest BCUT2D eigenvalue weighted by molar-refractivity contribution is 5.88. The van der Waals surface area contributed by atoms with Crippen LogP contribution in [0.5, 0.6) is 23.0 Å². The van der Waals surface area contributed by atoms with E-state index in [1.54, 1.807) is 24.9 Å². The van der Waals surface area contributed by atoms with Crippen LogP contribution in [0.25, 0.3) is 0 Å². The standard InChI is InChI=1S/C76H78N4O4/c1-73(2,3)63-21-13-17-55(69(63)81)45-77-59-37-29-51(30-38-59)67(52-31-39-60(40-32-52)78-46-56-18-14-22-64(70(56)82)74(4,5)6)49-25-27-50(28-26-49)68(53-33-41-61(42-34-53)79-47-57-19-15-23-65(71(57)83)75(7,8)9)54-35-43-62(44-36-54)80-48-58-20-16-24-66(72(58)84)76(10,11)12/h13-48,67-68,81-84H,1-12H3/b77-45+,78-46+,79-47+,80-48+. The normalized spacial score (nSPS) is 12.7. The molecule has 0 heterocycles. The molecule has 0 aliphatic rings. The van der Waals surface area contributed by atoms with Gasteiger partial charge in [-0.3, -0.25) is 20.0 Å². The first kappa shape index (κ1) is 59.5. The van der Waals surface area contributed by atoms with Gasteiger partial charge in [-0.1, -0.05) is 204 Å². The summed E-state index contributed by atoms with van der Waals surface area (Å²) in [5.74, 6) is 0.611. The van der Waals surface area contributed by atoms with E-state index >= 15 is 0 Å².